The van der Waals surface area contributed by atoms with Crippen LogP contribution in [0.25, 0.3) is 0 Å². The van der Waals surface area contributed by atoms with Gasteiger partial charge in [-0.3, -0.25) is 0 Å². The number of hydrogen-bond donors (Lipinski definition) is 1. The maximum Gasteiger partial charge on any atom is 0.340 e. The second-order valence-electron chi connectivity index (χ2n) is 2.42. The lowest BCUT2D eigenvalue weighted by Crippen LogP contribution is -2.04. The standard InChI is InChI=1S/C9H6BrNO3/c1-14-8-6(10)3-2-5(4-11)7(8)9(12)13/h2-3H,1H3,(H,12,13). The predicted octanol–water partition coefficient (Wildman–Crippen LogP) is 2.03. The Bertz CT molecular complexity index is 423. The number of benzene rings is 1. The van der Waals surface area contributed by atoms with Gasteiger partial charge in [-0.1, -0.05) is 0 Å². The molecule has 0 atom stereocenters. The molecule has 0 amide bonds. The molecule has 4 nitrogen and oxygen atoms in total. The number of carboxylic acids is 1. The number of carboxylic acid groups (broad SMARTS) is 1. The summed E-state index contributed by atoms with van der Waals surface area (Å²) in [5.74, 6) is -1.02. The predicted molar refractivity (Wildman–Crippen MR) is 52.4 cm³/mol. The molecule has 0 aliphatic rings. The lowest BCUT2D eigenvalue weighted by atomic mass is 10.1. The topological polar surface area (TPSA) is 70.3 Å². The van der Waals surface area contributed by atoms with Crippen LogP contribution in [0.1, 0.15) is 15.9 Å². The van der Waals surface area contributed by atoms with E-state index in [0.717, 1.165) is 0 Å². The number of methoxy groups -OCH3 is 1. The van der Waals surface area contributed by atoms with E-state index in [-0.39, 0.29) is 16.9 Å². The molecule has 0 unspecified atom stereocenters. The van der Waals surface area contributed by atoms with Crippen molar-refractivity contribution < 1.29 is 14.6 Å². The van der Waals surface area contributed by atoms with Gasteiger partial charge in [-0.15, -0.1) is 0 Å². The number of hydrogen-bond acceptors (Lipinski definition) is 3. The number of carbonyl (C=O) groups is 1. The van der Waals surface area contributed by atoms with Gasteiger partial charge in [0.1, 0.15) is 17.4 Å². The van der Waals surface area contributed by atoms with Crippen molar-refractivity contribution >= 4 is 21.9 Å². The van der Waals surface area contributed by atoms with Crippen molar-refractivity contribution in [2.45, 2.75) is 0 Å². The summed E-state index contributed by atoms with van der Waals surface area (Å²) in [7, 11) is 1.35. The number of halogens is 1. The van der Waals surface area contributed by atoms with Crippen LogP contribution in [0.2, 0.25) is 0 Å². The van der Waals surface area contributed by atoms with Crippen LogP contribution >= 0.6 is 15.9 Å². The Hall–Kier alpha value is -1.54. The number of nitrogens with zero attached hydrogens (tertiary/aromatic N) is 1. The van der Waals surface area contributed by atoms with Crippen LogP contribution in [0, 0.1) is 11.3 Å². The molecule has 0 bridgehead atoms. The van der Waals surface area contributed by atoms with E-state index >= 15 is 0 Å². The Morgan fingerprint density at radius 2 is 2.29 bits per heavy atom. The molecule has 0 spiro atoms. The number of nitriles is 1. The van der Waals surface area contributed by atoms with Crippen LogP contribution in [-0.4, -0.2) is 18.2 Å². The molecule has 0 saturated heterocycles. The highest BCUT2D eigenvalue weighted by molar-refractivity contribution is 9.10. The third-order valence-corrected chi connectivity index (χ3v) is 2.27. The molecule has 0 radical (unpaired) electrons. The molecule has 0 saturated carbocycles. The molecule has 0 aliphatic heterocycles. The van der Waals surface area contributed by atoms with Gasteiger partial charge >= 0.3 is 5.97 Å². The minimum absolute atomic E-state index is 0.0811. The smallest absolute Gasteiger partial charge is 0.340 e. The molecule has 72 valence electrons. The average Bonchev–Trinajstić information content (AvgIpc) is 2.17. The molecule has 0 fully saturated rings. The van der Waals surface area contributed by atoms with Crippen molar-refractivity contribution in [1.29, 1.82) is 5.26 Å². The Morgan fingerprint density at radius 1 is 1.64 bits per heavy atom. The van der Waals surface area contributed by atoms with Crippen LogP contribution in [0.3, 0.4) is 0 Å². The van der Waals surface area contributed by atoms with E-state index in [4.69, 9.17) is 15.1 Å². The summed E-state index contributed by atoms with van der Waals surface area (Å²) in [5, 5.41) is 17.6. The summed E-state index contributed by atoms with van der Waals surface area (Å²) in [6.07, 6.45) is 0. The fourth-order valence-electron chi connectivity index (χ4n) is 1.06. The molecule has 1 aromatic carbocycles. The highest BCUT2D eigenvalue weighted by Crippen LogP contribution is 2.31. The first kappa shape index (κ1) is 10.5. The number of aromatic carboxylic acids is 1. The van der Waals surface area contributed by atoms with E-state index in [1.54, 1.807) is 12.1 Å². The number of ether oxygens (including phenoxy) is 1. The molecule has 1 N–H and O–H groups in total. The van der Waals surface area contributed by atoms with Gasteiger partial charge in [-0.25, -0.2) is 4.79 Å². The van der Waals surface area contributed by atoms with E-state index in [2.05, 4.69) is 15.9 Å². The van der Waals surface area contributed by atoms with Crippen molar-refractivity contribution in [3.05, 3.63) is 27.7 Å². The van der Waals surface area contributed by atoms with Crippen molar-refractivity contribution in [2.24, 2.45) is 0 Å². The zero-order chi connectivity index (χ0) is 10.7. The van der Waals surface area contributed by atoms with Crippen LogP contribution in [0.15, 0.2) is 16.6 Å². The zero-order valence-corrected chi connectivity index (χ0v) is 8.83. The molecule has 5 heteroatoms. The maximum atomic E-state index is 10.9. The van der Waals surface area contributed by atoms with Gasteiger partial charge in [-0.2, -0.15) is 5.26 Å². The third kappa shape index (κ3) is 1.70. The highest BCUT2D eigenvalue weighted by atomic mass is 79.9. The second-order valence-corrected chi connectivity index (χ2v) is 3.27. The molecule has 1 aromatic rings. The Kier molecular flexibility index (Phi) is 3.10. The molecule has 0 aliphatic carbocycles. The summed E-state index contributed by atoms with van der Waals surface area (Å²) >= 11 is 3.14. The van der Waals surface area contributed by atoms with Gasteiger partial charge in [0.25, 0.3) is 0 Å². The first-order valence-corrected chi connectivity index (χ1v) is 4.41. The fourth-order valence-corrected chi connectivity index (χ4v) is 1.55. The van der Waals surface area contributed by atoms with Gasteiger partial charge < -0.3 is 9.84 Å². The molecule has 14 heavy (non-hydrogen) atoms. The average molecular weight is 256 g/mol. The monoisotopic (exact) mass is 255 g/mol. The number of rotatable bonds is 2. The first-order chi connectivity index (χ1) is 6.61. The van der Waals surface area contributed by atoms with E-state index < -0.39 is 5.97 Å². The van der Waals surface area contributed by atoms with Crippen molar-refractivity contribution in [3.63, 3.8) is 0 Å². The minimum atomic E-state index is -1.18. The summed E-state index contributed by atoms with van der Waals surface area (Å²) < 4.78 is 5.41. The third-order valence-electron chi connectivity index (χ3n) is 1.65. The summed E-state index contributed by atoms with van der Waals surface area (Å²) in [5.41, 5.74) is -0.0399. The Labute approximate surface area is 88.9 Å². The molecule has 1 rings (SSSR count). The van der Waals surface area contributed by atoms with Crippen molar-refractivity contribution in [3.8, 4) is 11.8 Å². The lowest BCUT2D eigenvalue weighted by molar-refractivity contribution is 0.0693. The first-order valence-electron chi connectivity index (χ1n) is 3.61. The van der Waals surface area contributed by atoms with Crippen LogP contribution in [-0.2, 0) is 0 Å². The van der Waals surface area contributed by atoms with Crippen molar-refractivity contribution in [1.82, 2.24) is 0 Å². The molecular weight excluding hydrogens is 250 g/mol. The molecule has 0 heterocycles. The Balaban J connectivity index is 3.54. The fraction of sp³-hybridized carbons (Fsp3) is 0.111. The SMILES string of the molecule is COc1c(Br)ccc(C#N)c1C(=O)O. The largest absolute Gasteiger partial charge is 0.495 e. The molecule has 0 aromatic heterocycles. The Morgan fingerprint density at radius 3 is 2.71 bits per heavy atom. The zero-order valence-electron chi connectivity index (χ0n) is 7.24. The van der Waals surface area contributed by atoms with Crippen LogP contribution in [0.4, 0.5) is 0 Å². The van der Waals surface area contributed by atoms with Gasteiger partial charge in [0.15, 0.2) is 0 Å². The molecular formula is C9H6BrNO3. The minimum Gasteiger partial charge on any atom is -0.495 e. The highest BCUT2D eigenvalue weighted by Gasteiger charge is 2.18. The van der Waals surface area contributed by atoms with Gasteiger partial charge in [0.2, 0.25) is 0 Å². The van der Waals surface area contributed by atoms with E-state index in [1.165, 1.54) is 13.2 Å². The normalized spacial score (nSPS) is 9.21. The quantitative estimate of drug-likeness (QED) is 0.878. The summed E-state index contributed by atoms with van der Waals surface area (Å²) in [4.78, 5) is 10.9. The summed E-state index contributed by atoms with van der Waals surface area (Å²) in [6.45, 7) is 0. The van der Waals surface area contributed by atoms with E-state index in [1.807, 2.05) is 0 Å². The van der Waals surface area contributed by atoms with E-state index in [0.29, 0.717) is 4.47 Å². The van der Waals surface area contributed by atoms with Crippen LogP contribution in [0.5, 0.6) is 5.75 Å². The van der Waals surface area contributed by atoms with Crippen molar-refractivity contribution in [2.75, 3.05) is 7.11 Å². The maximum absolute atomic E-state index is 10.9. The summed E-state index contributed by atoms with van der Waals surface area (Å²) in [6, 6.07) is 4.80. The lowest BCUT2D eigenvalue weighted by Gasteiger charge is -2.07. The van der Waals surface area contributed by atoms with E-state index in [9.17, 15) is 4.79 Å². The van der Waals surface area contributed by atoms with Gasteiger partial charge in [-0.05, 0) is 28.1 Å². The van der Waals surface area contributed by atoms with Crippen LogP contribution < -0.4 is 4.74 Å². The second kappa shape index (κ2) is 4.11. The van der Waals surface area contributed by atoms with Gasteiger partial charge in [0, 0.05) is 0 Å². The van der Waals surface area contributed by atoms with Gasteiger partial charge in [0.05, 0.1) is 17.1 Å².